The number of ether oxygens (including phenoxy) is 3. The van der Waals surface area contributed by atoms with Crippen LogP contribution in [0, 0.1) is 5.92 Å². The SMILES string of the molecule is C=C(/C=C\C=N/C)C[C@H]1C(=O)N(C(=O)N[C@H](C)c2ccc3c(c2)OC(F)(F)O3)[C@@H]1C(=O)OCC. The van der Waals surface area contributed by atoms with E-state index in [1.807, 2.05) is 0 Å². The summed E-state index contributed by atoms with van der Waals surface area (Å²) in [5.74, 6) is -2.36. The fourth-order valence-corrected chi connectivity index (χ4v) is 3.66. The van der Waals surface area contributed by atoms with Crippen molar-refractivity contribution in [2.24, 2.45) is 10.9 Å². The van der Waals surface area contributed by atoms with E-state index in [4.69, 9.17) is 4.74 Å². The number of imide groups is 1. The normalized spacial score (nSPS) is 21.4. The van der Waals surface area contributed by atoms with Crippen molar-refractivity contribution >= 4 is 24.1 Å². The molecule has 1 N–H and O–H groups in total. The zero-order valence-electron chi connectivity index (χ0n) is 18.9. The van der Waals surface area contributed by atoms with Gasteiger partial charge >= 0.3 is 18.3 Å². The highest BCUT2D eigenvalue weighted by molar-refractivity contribution is 6.08. The number of β-lactam (4-membered cyclic amide) rings is 1. The van der Waals surface area contributed by atoms with Gasteiger partial charge in [-0.05, 0) is 44.0 Å². The number of rotatable bonds is 8. The van der Waals surface area contributed by atoms with E-state index < -0.39 is 42.2 Å². The predicted molar refractivity (Wildman–Crippen MR) is 118 cm³/mol. The van der Waals surface area contributed by atoms with Gasteiger partial charge in [-0.2, -0.15) is 0 Å². The van der Waals surface area contributed by atoms with E-state index in [2.05, 4.69) is 26.4 Å². The Morgan fingerprint density at radius 1 is 1.35 bits per heavy atom. The number of benzene rings is 1. The summed E-state index contributed by atoms with van der Waals surface area (Å²) in [6.45, 7) is 7.17. The molecule has 182 valence electrons. The summed E-state index contributed by atoms with van der Waals surface area (Å²) < 4.78 is 40.4. The van der Waals surface area contributed by atoms with Crippen molar-refractivity contribution in [3.63, 3.8) is 0 Å². The summed E-state index contributed by atoms with van der Waals surface area (Å²) in [5.41, 5.74) is 1.01. The Morgan fingerprint density at radius 3 is 2.74 bits per heavy atom. The summed E-state index contributed by atoms with van der Waals surface area (Å²) >= 11 is 0. The second-order valence-corrected chi connectivity index (χ2v) is 7.69. The van der Waals surface area contributed by atoms with E-state index in [1.165, 1.54) is 18.2 Å². The first-order chi connectivity index (χ1) is 16.1. The van der Waals surface area contributed by atoms with Crippen LogP contribution in [0.1, 0.15) is 31.9 Å². The molecule has 0 spiro atoms. The zero-order valence-corrected chi connectivity index (χ0v) is 18.9. The first-order valence-corrected chi connectivity index (χ1v) is 10.5. The van der Waals surface area contributed by atoms with Gasteiger partial charge in [0.25, 0.3) is 0 Å². The van der Waals surface area contributed by atoms with Crippen LogP contribution >= 0.6 is 0 Å². The van der Waals surface area contributed by atoms with Crippen molar-refractivity contribution in [2.45, 2.75) is 38.6 Å². The molecule has 1 saturated heterocycles. The molecule has 0 saturated carbocycles. The standard InChI is InChI=1S/C23H25F2N3O6/c1-5-32-21(30)19-16(11-13(2)7-6-10-26-4)20(29)28(19)22(31)27-14(3)15-8-9-17-18(12-15)34-23(24,25)33-17/h6-10,12,14,16,19H,2,5,11H2,1,3-4H3,(H,27,31)/b7-6-,26-10-/t14-,16-,19+/m1/s1. The van der Waals surface area contributed by atoms with Gasteiger partial charge in [-0.25, -0.2) is 14.5 Å². The minimum absolute atomic E-state index is 0.0811. The lowest BCUT2D eigenvalue weighted by molar-refractivity contribution is -0.286. The second kappa shape index (κ2) is 10.0. The number of aliphatic imine (C=N–C) groups is 1. The molecule has 0 unspecified atom stereocenters. The Morgan fingerprint density at radius 2 is 2.06 bits per heavy atom. The molecule has 2 aliphatic heterocycles. The van der Waals surface area contributed by atoms with Crippen molar-refractivity contribution in [2.75, 3.05) is 13.7 Å². The summed E-state index contributed by atoms with van der Waals surface area (Å²) in [4.78, 5) is 42.8. The average molecular weight is 477 g/mol. The van der Waals surface area contributed by atoms with Gasteiger partial charge in [0.2, 0.25) is 5.91 Å². The van der Waals surface area contributed by atoms with E-state index in [-0.39, 0.29) is 24.5 Å². The molecule has 11 heteroatoms. The Bertz CT molecular complexity index is 1060. The molecule has 1 aromatic rings. The molecule has 9 nitrogen and oxygen atoms in total. The summed E-state index contributed by atoms with van der Waals surface area (Å²) in [6, 6.07) is 1.46. The highest BCUT2D eigenvalue weighted by Gasteiger charge is 2.55. The number of allylic oxidation sites excluding steroid dienone is 3. The maximum Gasteiger partial charge on any atom is 0.586 e. The van der Waals surface area contributed by atoms with E-state index in [0.29, 0.717) is 11.1 Å². The smallest absolute Gasteiger partial charge is 0.464 e. The fraction of sp³-hybridized carbons (Fsp3) is 0.391. The number of esters is 1. The van der Waals surface area contributed by atoms with Crippen LogP contribution < -0.4 is 14.8 Å². The minimum Gasteiger partial charge on any atom is -0.464 e. The number of hydrogen-bond donors (Lipinski definition) is 1. The first kappa shape index (κ1) is 24.9. The fourth-order valence-electron chi connectivity index (χ4n) is 3.66. The number of nitrogens with one attached hydrogen (secondary N) is 1. The van der Waals surface area contributed by atoms with Crippen LogP contribution in [0.15, 0.2) is 47.5 Å². The lowest BCUT2D eigenvalue weighted by Gasteiger charge is -2.44. The van der Waals surface area contributed by atoms with Gasteiger partial charge in [-0.1, -0.05) is 24.3 Å². The molecule has 0 bridgehead atoms. The maximum atomic E-state index is 13.3. The highest BCUT2D eigenvalue weighted by Crippen LogP contribution is 2.42. The number of carbonyl (C=O) groups excluding carboxylic acids is 3. The van der Waals surface area contributed by atoms with Gasteiger partial charge in [0.05, 0.1) is 18.6 Å². The van der Waals surface area contributed by atoms with E-state index in [0.717, 1.165) is 4.90 Å². The minimum atomic E-state index is -3.76. The molecular formula is C23H25F2N3O6. The molecule has 1 aromatic carbocycles. The van der Waals surface area contributed by atoms with Gasteiger partial charge in [0.1, 0.15) is 0 Å². The van der Waals surface area contributed by atoms with Crippen LogP contribution in [0.4, 0.5) is 13.6 Å². The van der Waals surface area contributed by atoms with Crippen LogP contribution in [0.25, 0.3) is 0 Å². The number of amides is 3. The monoisotopic (exact) mass is 477 g/mol. The zero-order chi connectivity index (χ0) is 25.0. The van der Waals surface area contributed by atoms with Crippen LogP contribution in [0.3, 0.4) is 0 Å². The molecule has 0 radical (unpaired) electrons. The molecule has 3 atom stereocenters. The molecule has 3 amide bonds. The van der Waals surface area contributed by atoms with Crippen molar-refractivity contribution in [3.8, 4) is 11.5 Å². The Balaban J connectivity index is 1.71. The van der Waals surface area contributed by atoms with Crippen molar-refractivity contribution in [3.05, 3.63) is 48.1 Å². The van der Waals surface area contributed by atoms with E-state index in [1.54, 1.807) is 39.3 Å². The van der Waals surface area contributed by atoms with Crippen LogP contribution in [-0.4, -0.2) is 55.0 Å². The highest BCUT2D eigenvalue weighted by atomic mass is 19.3. The quantitative estimate of drug-likeness (QED) is 0.266. The molecule has 2 aliphatic rings. The lowest BCUT2D eigenvalue weighted by Crippen LogP contribution is -2.68. The average Bonchev–Trinajstić information content (AvgIpc) is 3.08. The number of fused-ring (bicyclic) bond motifs is 1. The predicted octanol–water partition coefficient (Wildman–Crippen LogP) is 3.37. The number of likely N-dealkylation sites (tertiary alicyclic amines) is 1. The van der Waals surface area contributed by atoms with E-state index in [9.17, 15) is 23.2 Å². The maximum absolute atomic E-state index is 13.3. The van der Waals surface area contributed by atoms with Gasteiger partial charge in [-0.3, -0.25) is 9.79 Å². The number of hydrogen-bond acceptors (Lipinski definition) is 7. The van der Waals surface area contributed by atoms with Gasteiger partial charge < -0.3 is 19.5 Å². The molecular weight excluding hydrogens is 452 g/mol. The Kier molecular flexibility index (Phi) is 7.33. The van der Waals surface area contributed by atoms with Crippen molar-refractivity contribution < 1.29 is 37.4 Å². The third kappa shape index (κ3) is 5.24. The first-order valence-electron chi connectivity index (χ1n) is 10.5. The lowest BCUT2D eigenvalue weighted by atomic mass is 9.82. The van der Waals surface area contributed by atoms with Crippen molar-refractivity contribution in [1.82, 2.24) is 10.2 Å². The molecule has 0 aromatic heterocycles. The summed E-state index contributed by atoms with van der Waals surface area (Å²) in [5, 5.41) is 2.60. The van der Waals surface area contributed by atoms with Crippen molar-refractivity contribution in [1.29, 1.82) is 0 Å². The Hall–Kier alpha value is -3.76. The van der Waals surface area contributed by atoms with E-state index >= 15 is 0 Å². The molecule has 1 fully saturated rings. The van der Waals surface area contributed by atoms with Gasteiger partial charge in [0, 0.05) is 13.3 Å². The molecule has 34 heavy (non-hydrogen) atoms. The summed E-state index contributed by atoms with van der Waals surface area (Å²) in [6.07, 6.45) is 1.26. The van der Waals surface area contributed by atoms with Gasteiger partial charge in [-0.15, -0.1) is 8.78 Å². The topological polar surface area (TPSA) is 107 Å². The number of carbonyl (C=O) groups is 3. The third-order valence-corrected chi connectivity index (χ3v) is 5.28. The summed E-state index contributed by atoms with van der Waals surface area (Å²) in [7, 11) is 1.61. The Labute approximate surface area is 195 Å². The number of alkyl halides is 2. The number of halogens is 2. The van der Waals surface area contributed by atoms with Gasteiger partial charge in [0.15, 0.2) is 17.5 Å². The van der Waals surface area contributed by atoms with Crippen LogP contribution in [0.2, 0.25) is 0 Å². The second-order valence-electron chi connectivity index (χ2n) is 7.69. The molecule has 3 rings (SSSR count). The largest absolute Gasteiger partial charge is 0.586 e. The third-order valence-electron chi connectivity index (χ3n) is 5.28. The van der Waals surface area contributed by atoms with Crippen LogP contribution in [-0.2, 0) is 14.3 Å². The van der Waals surface area contributed by atoms with Crippen LogP contribution in [0.5, 0.6) is 11.5 Å². The number of nitrogens with zero attached hydrogens (tertiary/aromatic N) is 2. The molecule has 0 aliphatic carbocycles. The molecule has 2 heterocycles. The number of urea groups is 1.